The van der Waals surface area contributed by atoms with Crippen molar-refractivity contribution in [2.45, 2.75) is 89.4 Å². The monoisotopic (exact) mass is 439 g/mol. The molecule has 4 atom stereocenters. The number of nitrogens with zero attached hydrogens (tertiary/aromatic N) is 1. The molecule has 1 aliphatic rings. The molecule has 2 aromatic carbocycles. The van der Waals surface area contributed by atoms with E-state index >= 15 is 0 Å². The highest BCUT2D eigenvalue weighted by Gasteiger charge is 2.45. The van der Waals surface area contributed by atoms with Gasteiger partial charge in [0.15, 0.2) is 0 Å². The molecular weight excluding hydrogens is 398 g/mol. The van der Waals surface area contributed by atoms with E-state index in [1.54, 1.807) is 0 Å². The number of unbranched alkanes of at least 4 members (excludes halogenated alkanes) is 5. The van der Waals surface area contributed by atoms with Gasteiger partial charge in [-0.2, -0.15) is 0 Å². The number of benzene rings is 2. The molecule has 1 N–H and O–H groups in total. The van der Waals surface area contributed by atoms with Crippen LogP contribution < -0.4 is 0 Å². The molecule has 0 aromatic heterocycles. The zero-order valence-corrected chi connectivity index (χ0v) is 19.9. The van der Waals surface area contributed by atoms with Gasteiger partial charge in [-0.1, -0.05) is 99.7 Å². The van der Waals surface area contributed by atoms with Crippen LogP contribution in [-0.4, -0.2) is 48.0 Å². The second-order valence-electron chi connectivity index (χ2n) is 9.14. The maximum Gasteiger partial charge on any atom is 0.0982 e. The minimum absolute atomic E-state index is 0.0453. The van der Waals surface area contributed by atoms with Crippen molar-refractivity contribution < 1.29 is 14.6 Å². The van der Waals surface area contributed by atoms with Crippen LogP contribution in [0.25, 0.3) is 0 Å². The minimum Gasteiger partial charge on any atom is -0.389 e. The molecule has 0 unspecified atom stereocenters. The molecule has 3 rings (SSSR count). The summed E-state index contributed by atoms with van der Waals surface area (Å²) in [5, 5.41) is 11.2. The number of likely N-dealkylation sites (N-methyl/N-ethyl adjacent to an activating group) is 1. The first kappa shape index (κ1) is 24.9. The SMILES string of the molecule is CCCCCCCCN(C)[C@@H]1[C@@H](O)[C@@H](OCc2ccccc2)C[C@H]1OCc1ccccc1. The number of ether oxygens (including phenoxy) is 2. The van der Waals surface area contributed by atoms with Crippen LogP contribution in [0.2, 0.25) is 0 Å². The standard InChI is InChI=1S/C28H41NO3/c1-3-4-5-6-7-14-19-29(2)27-25(31-21-23-15-10-8-11-16-23)20-26(28(27)30)32-22-24-17-12-9-13-18-24/h8-13,15-18,25-28,30H,3-7,14,19-22H2,1-2H3/t25-,26+,27+,28+/m1/s1. The molecule has 0 radical (unpaired) electrons. The molecule has 1 fully saturated rings. The van der Waals surface area contributed by atoms with Crippen molar-refractivity contribution in [3.05, 3.63) is 71.8 Å². The highest BCUT2D eigenvalue weighted by molar-refractivity contribution is 5.14. The summed E-state index contributed by atoms with van der Waals surface area (Å²) in [5.41, 5.74) is 2.29. The molecule has 0 aliphatic heterocycles. The third kappa shape index (κ3) is 7.70. The molecule has 32 heavy (non-hydrogen) atoms. The molecule has 0 saturated heterocycles. The average Bonchev–Trinajstić information content (AvgIpc) is 3.15. The number of rotatable bonds is 14. The van der Waals surface area contributed by atoms with Crippen LogP contribution in [0.5, 0.6) is 0 Å². The maximum atomic E-state index is 11.2. The molecular formula is C28H41NO3. The fraction of sp³-hybridized carbons (Fsp3) is 0.571. The molecule has 0 spiro atoms. The predicted molar refractivity (Wildman–Crippen MR) is 130 cm³/mol. The molecule has 176 valence electrons. The molecule has 0 bridgehead atoms. The molecule has 0 amide bonds. The Kier molecular flexibility index (Phi) is 10.7. The van der Waals surface area contributed by atoms with Gasteiger partial charge < -0.3 is 14.6 Å². The molecule has 1 saturated carbocycles. The Labute approximate surface area is 194 Å². The molecule has 0 heterocycles. The van der Waals surface area contributed by atoms with Gasteiger partial charge in [0.25, 0.3) is 0 Å². The van der Waals surface area contributed by atoms with Gasteiger partial charge in [0.2, 0.25) is 0 Å². The lowest BCUT2D eigenvalue weighted by atomic mass is 10.1. The third-order valence-corrected chi connectivity index (χ3v) is 6.56. The first-order chi connectivity index (χ1) is 15.7. The van der Waals surface area contributed by atoms with Gasteiger partial charge in [0.05, 0.1) is 37.6 Å². The summed E-state index contributed by atoms with van der Waals surface area (Å²) in [7, 11) is 2.12. The Balaban J connectivity index is 1.56. The zero-order chi connectivity index (χ0) is 22.6. The molecule has 4 nitrogen and oxygen atoms in total. The van der Waals surface area contributed by atoms with E-state index in [4.69, 9.17) is 9.47 Å². The highest BCUT2D eigenvalue weighted by atomic mass is 16.5. The molecule has 1 aliphatic carbocycles. The van der Waals surface area contributed by atoms with E-state index in [2.05, 4.69) is 43.1 Å². The third-order valence-electron chi connectivity index (χ3n) is 6.56. The minimum atomic E-state index is -0.551. The van der Waals surface area contributed by atoms with Crippen LogP contribution in [0.1, 0.15) is 63.0 Å². The van der Waals surface area contributed by atoms with E-state index in [9.17, 15) is 5.11 Å². The Morgan fingerprint density at radius 1 is 0.781 bits per heavy atom. The van der Waals surface area contributed by atoms with Crippen LogP contribution in [0, 0.1) is 0 Å². The summed E-state index contributed by atoms with van der Waals surface area (Å²) in [6, 6.07) is 20.4. The van der Waals surface area contributed by atoms with Gasteiger partial charge in [-0.15, -0.1) is 0 Å². The summed E-state index contributed by atoms with van der Waals surface area (Å²) in [6.07, 6.45) is 7.53. The van der Waals surface area contributed by atoms with Gasteiger partial charge in [-0.25, -0.2) is 0 Å². The second-order valence-corrected chi connectivity index (χ2v) is 9.14. The van der Waals surface area contributed by atoms with Crippen molar-refractivity contribution in [3.8, 4) is 0 Å². The number of hydrogen-bond donors (Lipinski definition) is 1. The second kappa shape index (κ2) is 13.7. The van der Waals surface area contributed by atoms with Crippen LogP contribution in [-0.2, 0) is 22.7 Å². The Hall–Kier alpha value is -1.72. The number of aliphatic hydroxyl groups is 1. The summed E-state index contributed by atoms with van der Waals surface area (Å²) in [4.78, 5) is 2.30. The first-order valence-electron chi connectivity index (χ1n) is 12.4. The van der Waals surface area contributed by atoms with Crippen LogP contribution in [0.4, 0.5) is 0 Å². The zero-order valence-electron chi connectivity index (χ0n) is 19.9. The predicted octanol–water partition coefficient (Wildman–Crippen LogP) is 5.58. The topological polar surface area (TPSA) is 41.9 Å². The van der Waals surface area contributed by atoms with E-state index in [0.29, 0.717) is 19.6 Å². The van der Waals surface area contributed by atoms with Gasteiger partial charge in [0.1, 0.15) is 0 Å². The summed E-state index contributed by atoms with van der Waals surface area (Å²) in [6.45, 7) is 4.30. The lowest BCUT2D eigenvalue weighted by molar-refractivity contribution is -0.0532. The number of aliphatic hydroxyl groups excluding tert-OH is 1. The normalized spacial score (nSPS) is 23.1. The van der Waals surface area contributed by atoms with Gasteiger partial charge >= 0.3 is 0 Å². The summed E-state index contributed by atoms with van der Waals surface area (Å²) >= 11 is 0. The van der Waals surface area contributed by atoms with Gasteiger partial charge in [-0.05, 0) is 31.1 Å². The van der Waals surface area contributed by atoms with Crippen LogP contribution >= 0.6 is 0 Å². The van der Waals surface area contributed by atoms with Crippen molar-refractivity contribution in [1.29, 1.82) is 0 Å². The van der Waals surface area contributed by atoms with Crippen molar-refractivity contribution in [2.75, 3.05) is 13.6 Å². The lowest BCUT2D eigenvalue weighted by Crippen LogP contribution is -2.47. The van der Waals surface area contributed by atoms with Crippen LogP contribution in [0.15, 0.2) is 60.7 Å². The molecule has 2 aromatic rings. The maximum absolute atomic E-state index is 11.2. The number of hydrogen-bond acceptors (Lipinski definition) is 4. The first-order valence-corrected chi connectivity index (χ1v) is 12.4. The summed E-state index contributed by atoms with van der Waals surface area (Å²) in [5.74, 6) is 0. The van der Waals surface area contributed by atoms with E-state index in [0.717, 1.165) is 24.1 Å². The Morgan fingerprint density at radius 2 is 1.31 bits per heavy atom. The van der Waals surface area contributed by atoms with E-state index < -0.39 is 6.10 Å². The van der Waals surface area contributed by atoms with Crippen molar-refractivity contribution in [3.63, 3.8) is 0 Å². The average molecular weight is 440 g/mol. The fourth-order valence-electron chi connectivity index (χ4n) is 4.67. The van der Waals surface area contributed by atoms with Crippen molar-refractivity contribution in [2.24, 2.45) is 0 Å². The highest BCUT2D eigenvalue weighted by Crippen LogP contribution is 2.31. The summed E-state index contributed by atoms with van der Waals surface area (Å²) < 4.78 is 12.5. The smallest absolute Gasteiger partial charge is 0.0982 e. The molecule has 4 heteroatoms. The lowest BCUT2D eigenvalue weighted by Gasteiger charge is -2.32. The largest absolute Gasteiger partial charge is 0.389 e. The Bertz CT molecular complexity index is 739. The Morgan fingerprint density at radius 3 is 1.91 bits per heavy atom. The van der Waals surface area contributed by atoms with Crippen molar-refractivity contribution in [1.82, 2.24) is 4.90 Å². The quantitative estimate of drug-likeness (QED) is 0.390. The van der Waals surface area contributed by atoms with E-state index in [-0.39, 0.29) is 18.2 Å². The van der Waals surface area contributed by atoms with Gasteiger partial charge in [0, 0.05) is 6.42 Å². The van der Waals surface area contributed by atoms with Crippen molar-refractivity contribution >= 4 is 0 Å². The fourth-order valence-corrected chi connectivity index (χ4v) is 4.67. The van der Waals surface area contributed by atoms with Crippen LogP contribution in [0.3, 0.4) is 0 Å². The van der Waals surface area contributed by atoms with Gasteiger partial charge in [-0.3, -0.25) is 4.90 Å². The van der Waals surface area contributed by atoms with E-state index in [1.165, 1.54) is 32.1 Å². The van der Waals surface area contributed by atoms with E-state index in [1.807, 2.05) is 36.4 Å².